The number of unbranched alkanes of at least 4 members (excludes halogenated alkanes) is 40. The first kappa shape index (κ1) is 72.1. The van der Waals surface area contributed by atoms with Gasteiger partial charge in [0.25, 0.3) is 0 Å². The van der Waals surface area contributed by atoms with E-state index in [1.165, 1.54) is 231 Å². The van der Waals surface area contributed by atoms with E-state index in [0.717, 1.165) is 70.6 Å². The summed E-state index contributed by atoms with van der Waals surface area (Å²) in [6.07, 6.45) is 81.6. The van der Waals surface area contributed by atoms with Crippen LogP contribution in [0.4, 0.5) is 0 Å². The lowest BCUT2D eigenvalue weighted by molar-refractivity contribution is -0.166. The van der Waals surface area contributed by atoms with Crippen LogP contribution in [-0.2, 0) is 28.6 Å². The molecule has 0 aliphatic heterocycles. The van der Waals surface area contributed by atoms with Crippen molar-refractivity contribution in [3.63, 3.8) is 0 Å². The average Bonchev–Trinajstić information content (AvgIpc) is 3.41. The maximum absolute atomic E-state index is 12.8. The van der Waals surface area contributed by atoms with Crippen LogP contribution in [0.15, 0.2) is 60.8 Å². The maximum atomic E-state index is 12.8. The van der Waals surface area contributed by atoms with Crippen molar-refractivity contribution in [2.24, 2.45) is 0 Å². The lowest BCUT2D eigenvalue weighted by atomic mass is 10.0. The van der Waals surface area contributed by atoms with Gasteiger partial charge in [-0.25, -0.2) is 0 Å². The monoisotopic (exact) mass is 1050 g/mol. The Bertz CT molecular complexity index is 1340. The Kier molecular flexibility index (Phi) is 61.2. The van der Waals surface area contributed by atoms with Gasteiger partial charge in [-0.05, 0) is 44.9 Å². The van der Waals surface area contributed by atoms with E-state index in [1.807, 2.05) is 6.08 Å². The lowest BCUT2D eigenvalue weighted by Crippen LogP contribution is -2.30. The molecule has 6 nitrogen and oxygen atoms in total. The van der Waals surface area contributed by atoms with Gasteiger partial charge in [0.15, 0.2) is 6.10 Å². The number of carbonyl (C=O) groups excluding carboxylic acids is 3. The summed E-state index contributed by atoms with van der Waals surface area (Å²) in [4.78, 5) is 38.1. The van der Waals surface area contributed by atoms with Crippen molar-refractivity contribution in [3.8, 4) is 0 Å². The first-order valence-corrected chi connectivity index (χ1v) is 32.8. The lowest BCUT2D eigenvalue weighted by Gasteiger charge is -2.18. The summed E-state index contributed by atoms with van der Waals surface area (Å²) in [7, 11) is 0. The fourth-order valence-corrected chi connectivity index (χ4v) is 9.70. The number of allylic oxidation sites excluding steroid dienone is 9. The van der Waals surface area contributed by atoms with Crippen LogP contribution in [0.5, 0.6) is 0 Å². The topological polar surface area (TPSA) is 78.9 Å². The minimum absolute atomic E-state index is 0.101. The van der Waals surface area contributed by atoms with Crippen molar-refractivity contribution in [1.29, 1.82) is 0 Å². The van der Waals surface area contributed by atoms with Gasteiger partial charge in [-0.1, -0.05) is 338 Å². The molecule has 436 valence electrons. The summed E-state index contributed by atoms with van der Waals surface area (Å²) in [6, 6.07) is 0. The molecule has 6 heteroatoms. The zero-order chi connectivity index (χ0) is 54.3. The van der Waals surface area contributed by atoms with Crippen molar-refractivity contribution in [2.45, 2.75) is 348 Å². The highest BCUT2D eigenvalue weighted by Gasteiger charge is 2.19. The highest BCUT2D eigenvalue weighted by molar-refractivity contribution is 5.72. The Morgan fingerprint density at radius 3 is 0.760 bits per heavy atom. The Balaban J connectivity index is 4.09. The van der Waals surface area contributed by atoms with Gasteiger partial charge in [0.05, 0.1) is 6.42 Å². The summed E-state index contributed by atoms with van der Waals surface area (Å²) < 4.78 is 16.8. The summed E-state index contributed by atoms with van der Waals surface area (Å²) in [5, 5.41) is 0. The van der Waals surface area contributed by atoms with Crippen molar-refractivity contribution >= 4 is 17.9 Å². The number of ether oxygens (including phenoxy) is 3. The minimum Gasteiger partial charge on any atom is -0.462 e. The fourth-order valence-electron chi connectivity index (χ4n) is 9.70. The number of esters is 3. The van der Waals surface area contributed by atoms with Crippen LogP contribution >= 0.6 is 0 Å². The van der Waals surface area contributed by atoms with Gasteiger partial charge in [-0.2, -0.15) is 0 Å². The van der Waals surface area contributed by atoms with Gasteiger partial charge in [0.2, 0.25) is 0 Å². The number of hydrogen-bond donors (Lipinski definition) is 0. The largest absolute Gasteiger partial charge is 0.462 e. The third-order valence-electron chi connectivity index (χ3n) is 14.6. The van der Waals surface area contributed by atoms with Crippen LogP contribution in [0.1, 0.15) is 342 Å². The first-order valence-electron chi connectivity index (χ1n) is 32.8. The Hall–Kier alpha value is -2.89. The van der Waals surface area contributed by atoms with Gasteiger partial charge in [0, 0.05) is 12.8 Å². The second-order valence-electron chi connectivity index (χ2n) is 22.0. The molecule has 0 N–H and O–H groups in total. The molecule has 0 aromatic rings. The Labute approximate surface area is 466 Å². The summed E-state index contributed by atoms with van der Waals surface area (Å²) in [5.74, 6) is -1.03. The summed E-state index contributed by atoms with van der Waals surface area (Å²) >= 11 is 0. The standard InChI is InChI=1S/C69H124O6/c1-4-7-10-13-16-19-22-24-26-27-28-29-30-31-32-33-34-35-36-37-38-39-40-41-42-44-45-47-50-53-56-59-62-68(71)74-65-66(64-73-67(70)61-58-55-52-49-21-18-15-12-9-6-3)75-69(72)63-60-57-54-51-48-46-43-25-23-20-17-14-11-8-5-2/h8,11,17,20,25,43,48,51,57,60,66H,4-7,9-10,12-16,18-19,21-24,26-42,44-47,49-50,52-56,58-59,61-65H2,1-3H3/b11-8-,20-17-,43-25-,51-48-,60-57-. The molecule has 0 rings (SSSR count). The predicted octanol–water partition coefficient (Wildman–Crippen LogP) is 22.3. The molecule has 0 aliphatic rings. The van der Waals surface area contributed by atoms with Crippen LogP contribution in [0.25, 0.3) is 0 Å². The van der Waals surface area contributed by atoms with Crippen molar-refractivity contribution in [3.05, 3.63) is 60.8 Å². The van der Waals surface area contributed by atoms with E-state index in [0.29, 0.717) is 12.8 Å². The molecule has 0 radical (unpaired) electrons. The zero-order valence-electron chi connectivity index (χ0n) is 50.1. The van der Waals surface area contributed by atoms with E-state index in [-0.39, 0.29) is 31.6 Å². The number of rotatable bonds is 60. The molecule has 0 amide bonds. The molecule has 0 aliphatic carbocycles. The van der Waals surface area contributed by atoms with E-state index in [1.54, 1.807) is 6.08 Å². The molecule has 0 aromatic carbocycles. The van der Waals surface area contributed by atoms with Crippen LogP contribution in [0.3, 0.4) is 0 Å². The summed E-state index contributed by atoms with van der Waals surface area (Å²) in [5.41, 5.74) is 0. The molecule has 75 heavy (non-hydrogen) atoms. The summed E-state index contributed by atoms with van der Waals surface area (Å²) in [6.45, 7) is 6.47. The van der Waals surface area contributed by atoms with Gasteiger partial charge in [0.1, 0.15) is 13.2 Å². The second-order valence-corrected chi connectivity index (χ2v) is 22.0. The molecular formula is C69H124O6. The number of carbonyl (C=O) groups is 3. The molecule has 0 saturated carbocycles. The third kappa shape index (κ3) is 61.8. The van der Waals surface area contributed by atoms with Crippen molar-refractivity contribution in [1.82, 2.24) is 0 Å². The molecule has 0 heterocycles. The van der Waals surface area contributed by atoms with E-state index >= 15 is 0 Å². The molecule has 0 saturated heterocycles. The van der Waals surface area contributed by atoms with E-state index < -0.39 is 12.1 Å². The van der Waals surface area contributed by atoms with Gasteiger partial charge >= 0.3 is 17.9 Å². The average molecular weight is 1050 g/mol. The third-order valence-corrected chi connectivity index (χ3v) is 14.6. The molecule has 0 aromatic heterocycles. The van der Waals surface area contributed by atoms with Gasteiger partial charge in [-0.15, -0.1) is 0 Å². The number of hydrogen-bond acceptors (Lipinski definition) is 6. The Morgan fingerprint density at radius 1 is 0.280 bits per heavy atom. The highest BCUT2D eigenvalue weighted by Crippen LogP contribution is 2.18. The zero-order valence-corrected chi connectivity index (χ0v) is 50.1. The maximum Gasteiger partial charge on any atom is 0.310 e. The molecule has 0 spiro atoms. The van der Waals surface area contributed by atoms with Crippen molar-refractivity contribution < 1.29 is 28.6 Å². The highest BCUT2D eigenvalue weighted by atomic mass is 16.6. The molecule has 1 unspecified atom stereocenters. The van der Waals surface area contributed by atoms with Crippen LogP contribution in [0.2, 0.25) is 0 Å². The predicted molar refractivity (Wildman–Crippen MR) is 325 cm³/mol. The SMILES string of the molecule is CC/C=C\C/C=C\C/C=C\C/C=C\C/C=C\CC(=O)OC(COC(=O)CCCCCCCCCCCC)COC(=O)CCCCCCCCCCCCCCCCCCCCCCCCCCCCCCCCCC. The van der Waals surface area contributed by atoms with E-state index in [9.17, 15) is 14.4 Å². The van der Waals surface area contributed by atoms with Crippen molar-refractivity contribution in [2.75, 3.05) is 13.2 Å². The molecule has 0 bridgehead atoms. The van der Waals surface area contributed by atoms with E-state index in [2.05, 4.69) is 69.4 Å². The second kappa shape index (κ2) is 63.6. The molecular weight excluding hydrogens is 925 g/mol. The quantitative estimate of drug-likeness (QED) is 0.0261. The van der Waals surface area contributed by atoms with Crippen LogP contribution in [-0.4, -0.2) is 37.2 Å². The van der Waals surface area contributed by atoms with Gasteiger partial charge < -0.3 is 14.2 Å². The minimum atomic E-state index is -0.825. The fraction of sp³-hybridized carbons (Fsp3) is 0.812. The van der Waals surface area contributed by atoms with Crippen LogP contribution in [0, 0.1) is 0 Å². The van der Waals surface area contributed by atoms with Gasteiger partial charge in [-0.3, -0.25) is 14.4 Å². The van der Waals surface area contributed by atoms with Crippen LogP contribution < -0.4 is 0 Å². The smallest absolute Gasteiger partial charge is 0.310 e. The normalized spacial score (nSPS) is 12.4. The molecule has 0 fully saturated rings. The molecule has 1 atom stereocenters. The Morgan fingerprint density at radius 2 is 0.507 bits per heavy atom. The van der Waals surface area contributed by atoms with E-state index in [4.69, 9.17) is 14.2 Å². The first-order chi connectivity index (χ1) is 37.0.